The third-order valence-corrected chi connectivity index (χ3v) is 6.36. The molecule has 0 saturated heterocycles. The van der Waals surface area contributed by atoms with Crippen LogP contribution < -0.4 is 0 Å². The van der Waals surface area contributed by atoms with E-state index in [1.54, 1.807) is 36.4 Å². The Bertz CT molecular complexity index is 1010. The van der Waals surface area contributed by atoms with E-state index < -0.39 is 21.4 Å². The first kappa shape index (κ1) is 22.5. The molecule has 2 aromatic rings. The van der Waals surface area contributed by atoms with E-state index >= 15 is 0 Å². The third-order valence-electron chi connectivity index (χ3n) is 4.51. The highest BCUT2D eigenvalue weighted by molar-refractivity contribution is 8.01. The monoisotopic (exact) mass is 410 g/mol. The van der Waals surface area contributed by atoms with Crippen LogP contribution in [0, 0.1) is 0 Å². The Morgan fingerprint density at radius 3 is 1.34 bits per heavy atom. The average molecular weight is 411 g/mol. The molecule has 0 spiro atoms. The van der Waals surface area contributed by atoms with E-state index in [9.17, 15) is 18.0 Å². The van der Waals surface area contributed by atoms with Crippen LogP contribution in [0.2, 0.25) is 0 Å². The van der Waals surface area contributed by atoms with Crippen molar-refractivity contribution in [1.29, 1.82) is 0 Å². The van der Waals surface area contributed by atoms with Gasteiger partial charge in [0.2, 0.25) is 9.84 Å². The lowest BCUT2D eigenvalue weighted by atomic mass is 9.96. The molecule has 29 heavy (non-hydrogen) atoms. The lowest BCUT2D eigenvalue weighted by molar-refractivity contribution is -0.114. The summed E-state index contributed by atoms with van der Waals surface area (Å²) in [5.41, 5.74) is 2.98. The van der Waals surface area contributed by atoms with Crippen LogP contribution in [0.15, 0.2) is 58.3 Å². The van der Waals surface area contributed by atoms with Gasteiger partial charge in [-0.15, -0.1) is 0 Å². The van der Waals surface area contributed by atoms with E-state index in [-0.39, 0.29) is 22.7 Å². The van der Waals surface area contributed by atoms with E-state index in [2.05, 4.69) is 0 Å². The van der Waals surface area contributed by atoms with Crippen molar-refractivity contribution in [2.24, 2.45) is 0 Å². The highest BCUT2D eigenvalue weighted by Gasteiger charge is 2.36. The van der Waals surface area contributed by atoms with Gasteiger partial charge in [0.05, 0.1) is 0 Å². The minimum atomic E-state index is -4.15. The molecule has 2 aliphatic carbocycles. The van der Waals surface area contributed by atoms with E-state index in [1.165, 1.54) is 12.2 Å². The summed E-state index contributed by atoms with van der Waals surface area (Å²) >= 11 is 0. The molecule has 0 N–H and O–H groups in total. The summed E-state index contributed by atoms with van der Waals surface area (Å²) in [6.45, 7) is 8.00. The Morgan fingerprint density at radius 2 is 0.966 bits per heavy atom. The fraction of sp³-hybridized carbons (Fsp3) is 0.250. The zero-order valence-electron chi connectivity index (χ0n) is 17.2. The third kappa shape index (κ3) is 4.46. The fourth-order valence-electron chi connectivity index (χ4n) is 3.21. The molecule has 0 heterocycles. The second-order valence-electron chi connectivity index (χ2n) is 6.12. The van der Waals surface area contributed by atoms with Crippen molar-refractivity contribution < 1.29 is 18.0 Å². The molecule has 4 nitrogen and oxygen atoms in total. The molecule has 0 atom stereocenters. The molecule has 0 amide bonds. The number of fused-ring (bicyclic) bond motifs is 2. The number of hydrogen-bond donors (Lipinski definition) is 0. The first-order chi connectivity index (χ1) is 14.0. The molecule has 0 saturated carbocycles. The lowest BCUT2D eigenvalue weighted by Crippen LogP contribution is -2.25. The van der Waals surface area contributed by atoms with Crippen LogP contribution in [0.4, 0.5) is 0 Å². The van der Waals surface area contributed by atoms with E-state index in [4.69, 9.17) is 0 Å². The standard InChI is InChI=1S/C20H14O4S.2C2H6/c21-17-9-13-5-1-3-7-15(13)11-19(17)25(23,24)20-12-16-8-4-2-6-14(16)10-18(20)22;2*1-2/h1-8,11-12H,9-10H2;2*1-2H3. The minimum absolute atomic E-state index is 0.0271. The summed E-state index contributed by atoms with van der Waals surface area (Å²) in [4.78, 5) is 24.2. The highest BCUT2D eigenvalue weighted by atomic mass is 32.2. The molecule has 5 heteroatoms. The Kier molecular flexibility index (Phi) is 7.46. The van der Waals surface area contributed by atoms with Crippen molar-refractivity contribution in [2.45, 2.75) is 40.5 Å². The first-order valence-electron chi connectivity index (χ1n) is 9.87. The van der Waals surface area contributed by atoms with Gasteiger partial charge in [0.15, 0.2) is 11.6 Å². The maximum Gasteiger partial charge on any atom is 0.213 e. The number of Topliss-reactive ketones (excluding diaryl/α,β-unsaturated/α-hetero) is 2. The zero-order chi connectivity index (χ0) is 21.6. The molecule has 4 rings (SSSR count). The smallest absolute Gasteiger partial charge is 0.213 e. The van der Waals surface area contributed by atoms with Crippen LogP contribution >= 0.6 is 0 Å². The Labute approximate surface area is 172 Å². The number of rotatable bonds is 2. The van der Waals surface area contributed by atoms with Gasteiger partial charge in [-0.1, -0.05) is 76.2 Å². The molecule has 0 aliphatic heterocycles. The molecule has 0 radical (unpaired) electrons. The van der Waals surface area contributed by atoms with Gasteiger partial charge in [-0.25, -0.2) is 8.42 Å². The maximum atomic E-state index is 13.0. The van der Waals surface area contributed by atoms with E-state index in [0.717, 1.165) is 11.1 Å². The number of allylic oxidation sites excluding steroid dienone is 2. The number of hydrogen-bond acceptors (Lipinski definition) is 4. The lowest BCUT2D eigenvalue weighted by Gasteiger charge is -2.19. The summed E-state index contributed by atoms with van der Waals surface area (Å²) < 4.78 is 26.0. The van der Waals surface area contributed by atoms with Crippen molar-refractivity contribution in [3.05, 3.63) is 80.6 Å². The predicted molar refractivity (Wildman–Crippen MR) is 118 cm³/mol. The first-order valence-corrected chi connectivity index (χ1v) is 11.4. The Balaban J connectivity index is 0.000000707. The van der Waals surface area contributed by atoms with Crippen LogP contribution in [0.1, 0.15) is 49.9 Å². The molecule has 0 fully saturated rings. The quantitative estimate of drug-likeness (QED) is 0.714. The summed E-state index contributed by atoms with van der Waals surface area (Å²) in [5, 5.41) is 0. The van der Waals surface area contributed by atoms with Gasteiger partial charge in [-0.2, -0.15) is 0 Å². The van der Waals surface area contributed by atoms with Crippen LogP contribution in [0.3, 0.4) is 0 Å². The SMILES string of the molecule is CC.CC.O=C1Cc2ccccc2C=C1S(=O)(=O)C1=Cc2ccccc2CC1=O. The molecule has 0 unspecified atom stereocenters. The number of sulfone groups is 1. The Hall–Kier alpha value is -2.79. The van der Waals surface area contributed by atoms with Crippen LogP contribution in [-0.4, -0.2) is 20.0 Å². The van der Waals surface area contributed by atoms with Crippen LogP contribution in [0.5, 0.6) is 0 Å². The van der Waals surface area contributed by atoms with Crippen molar-refractivity contribution in [2.75, 3.05) is 0 Å². The zero-order valence-corrected chi connectivity index (χ0v) is 18.0. The number of ketones is 2. The molecular weight excluding hydrogens is 384 g/mol. The molecule has 152 valence electrons. The van der Waals surface area contributed by atoms with Gasteiger partial charge in [0.1, 0.15) is 9.81 Å². The van der Waals surface area contributed by atoms with Crippen molar-refractivity contribution in [1.82, 2.24) is 0 Å². The van der Waals surface area contributed by atoms with Crippen LogP contribution in [0.25, 0.3) is 12.2 Å². The van der Waals surface area contributed by atoms with Gasteiger partial charge >= 0.3 is 0 Å². The van der Waals surface area contributed by atoms with Crippen molar-refractivity contribution >= 4 is 33.6 Å². The van der Waals surface area contributed by atoms with Gasteiger partial charge in [-0.05, 0) is 34.4 Å². The molecule has 0 bridgehead atoms. The highest BCUT2D eigenvalue weighted by Crippen LogP contribution is 2.32. The van der Waals surface area contributed by atoms with Crippen LogP contribution in [-0.2, 0) is 32.3 Å². The predicted octanol–water partition coefficient (Wildman–Crippen LogP) is 4.79. The van der Waals surface area contributed by atoms with E-state index in [0.29, 0.717) is 11.1 Å². The second-order valence-corrected chi connectivity index (χ2v) is 8.00. The maximum absolute atomic E-state index is 13.0. The van der Waals surface area contributed by atoms with Crippen molar-refractivity contribution in [3.63, 3.8) is 0 Å². The van der Waals surface area contributed by atoms with Crippen molar-refractivity contribution in [3.8, 4) is 0 Å². The number of carbonyl (C=O) groups excluding carboxylic acids is 2. The second kappa shape index (κ2) is 9.61. The molecular formula is C24H26O4S. The molecule has 2 aliphatic rings. The summed E-state index contributed by atoms with van der Waals surface area (Å²) in [6, 6.07) is 14.3. The van der Waals surface area contributed by atoms with Gasteiger partial charge in [0, 0.05) is 12.8 Å². The largest absolute Gasteiger partial charge is 0.293 e. The topological polar surface area (TPSA) is 68.3 Å². The minimum Gasteiger partial charge on any atom is -0.293 e. The van der Waals surface area contributed by atoms with Gasteiger partial charge < -0.3 is 0 Å². The normalized spacial score (nSPS) is 14.8. The summed E-state index contributed by atoms with van der Waals surface area (Å²) in [6.07, 6.45) is 2.81. The fourth-order valence-corrected chi connectivity index (χ4v) is 4.75. The molecule has 0 aromatic heterocycles. The van der Waals surface area contributed by atoms with Gasteiger partial charge in [-0.3, -0.25) is 9.59 Å². The Morgan fingerprint density at radius 1 is 0.621 bits per heavy atom. The van der Waals surface area contributed by atoms with Gasteiger partial charge in [0.25, 0.3) is 0 Å². The summed E-state index contributed by atoms with van der Waals surface area (Å²) in [5.74, 6) is -0.961. The number of benzene rings is 2. The molecule has 2 aromatic carbocycles. The number of carbonyl (C=O) groups is 2. The van der Waals surface area contributed by atoms with E-state index in [1.807, 2.05) is 39.8 Å². The summed E-state index contributed by atoms with van der Waals surface area (Å²) in [7, 11) is -4.15. The average Bonchev–Trinajstić information content (AvgIpc) is 2.75.